The number of carboxylic acid groups (broad SMARTS) is 1. The lowest BCUT2D eigenvalue weighted by Crippen LogP contribution is -2.48. The summed E-state index contributed by atoms with van der Waals surface area (Å²) in [6.07, 6.45) is 1.27. The predicted octanol–water partition coefficient (Wildman–Crippen LogP) is 6.77. The molecule has 2 rings (SSSR count). The van der Waals surface area contributed by atoms with Crippen molar-refractivity contribution in [2.75, 3.05) is 13.1 Å². The van der Waals surface area contributed by atoms with Crippen LogP contribution in [-0.2, 0) is 35.1 Å². The number of amides is 4. The lowest BCUT2D eigenvalue weighted by Gasteiger charge is -2.24. The minimum atomic E-state index is -1.21. The summed E-state index contributed by atoms with van der Waals surface area (Å²) in [4.78, 5) is 90.5. The Morgan fingerprint density at radius 2 is 1.17 bits per heavy atom. The van der Waals surface area contributed by atoms with Crippen LogP contribution in [0.5, 0.6) is 0 Å². The second-order valence-corrected chi connectivity index (χ2v) is 16.6. The highest BCUT2D eigenvalue weighted by Crippen LogP contribution is 2.23. The lowest BCUT2D eigenvalue weighted by molar-refractivity contribution is -0.142. The maximum absolute atomic E-state index is 14.0. The molecule has 4 amide bonds. The van der Waals surface area contributed by atoms with Gasteiger partial charge in [0.2, 0.25) is 11.8 Å². The third-order valence-corrected chi connectivity index (χ3v) is 9.06. The molecule has 0 aliphatic rings. The van der Waals surface area contributed by atoms with Gasteiger partial charge < -0.3 is 35.8 Å². The Bertz CT molecular complexity index is 1690. The summed E-state index contributed by atoms with van der Waals surface area (Å²) in [5.74, 6) is -5.34. The van der Waals surface area contributed by atoms with Gasteiger partial charge >= 0.3 is 18.2 Å². The molecule has 4 atom stereocenters. The topological polar surface area (TPSA) is 206 Å². The number of carbonyl (C=O) groups is 7. The molecule has 0 aliphatic heterocycles. The number of unbranched alkanes of at least 4 members (excludes halogenated alkanes) is 1. The molecule has 320 valence electrons. The van der Waals surface area contributed by atoms with Gasteiger partial charge in [-0.15, -0.1) is 0 Å². The largest absolute Gasteiger partial charge is 0.480 e. The van der Waals surface area contributed by atoms with E-state index in [0.717, 1.165) is 30.4 Å². The number of aliphatic carboxylic acids is 1. The molecule has 5 N–H and O–H groups in total. The van der Waals surface area contributed by atoms with Gasteiger partial charge in [-0.2, -0.15) is 0 Å². The molecule has 0 saturated carbocycles. The van der Waals surface area contributed by atoms with E-state index < -0.39 is 70.9 Å². The second-order valence-electron chi connectivity index (χ2n) is 16.6. The number of aryl methyl sites for hydroxylation is 1. The molecule has 0 aromatic heterocycles. The Balaban J connectivity index is 2.31. The molecule has 0 bridgehead atoms. The van der Waals surface area contributed by atoms with Crippen molar-refractivity contribution in [3.05, 3.63) is 59.7 Å². The van der Waals surface area contributed by atoms with Gasteiger partial charge in [-0.25, -0.2) is 14.4 Å². The third kappa shape index (κ3) is 18.3. The number of hydrogen-bond donors (Lipinski definition) is 5. The van der Waals surface area contributed by atoms with Crippen LogP contribution in [-0.4, -0.2) is 83.0 Å². The van der Waals surface area contributed by atoms with Crippen molar-refractivity contribution >= 4 is 41.5 Å². The molecule has 0 heterocycles. The van der Waals surface area contributed by atoms with Crippen LogP contribution in [0.2, 0.25) is 0 Å². The van der Waals surface area contributed by atoms with Crippen LogP contribution in [0.3, 0.4) is 0 Å². The van der Waals surface area contributed by atoms with Gasteiger partial charge in [0.05, 0.1) is 6.04 Å². The van der Waals surface area contributed by atoms with Gasteiger partial charge in [-0.1, -0.05) is 75.7 Å². The molecule has 0 fully saturated rings. The molecule has 14 heteroatoms. The van der Waals surface area contributed by atoms with E-state index in [0.29, 0.717) is 5.56 Å². The molecule has 0 spiro atoms. The summed E-state index contributed by atoms with van der Waals surface area (Å²) in [6.45, 7) is 15.3. The van der Waals surface area contributed by atoms with Crippen molar-refractivity contribution in [2.24, 2.45) is 11.8 Å². The number of hydrogen-bond acceptors (Lipinski definition) is 9. The number of nitrogens with one attached hydrogen (secondary N) is 4. The van der Waals surface area contributed by atoms with E-state index in [1.807, 2.05) is 24.3 Å². The van der Waals surface area contributed by atoms with Crippen molar-refractivity contribution in [1.82, 2.24) is 21.3 Å². The molecular formula is C44H64N4O10. The second kappa shape index (κ2) is 23.2. The van der Waals surface area contributed by atoms with Gasteiger partial charge in [0.1, 0.15) is 17.2 Å². The van der Waals surface area contributed by atoms with Crippen LogP contribution in [0.15, 0.2) is 48.5 Å². The van der Waals surface area contributed by atoms with Crippen LogP contribution < -0.4 is 21.3 Å². The summed E-state index contributed by atoms with van der Waals surface area (Å²) in [7, 11) is 0. The average molecular weight is 809 g/mol. The number of Topliss-reactive ketones (excluding diaryl/α,β-unsaturated/α-hetero) is 2. The quantitative estimate of drug-likeness (QED) is 0.0789. The Kier molecular flexibility index (Phi) is 19.6. The first-order valence-electron chi connectivity index (χ1n) is 20.1. The van der Waals surface area contributed by atoms with Gasteiger partial charge in [-0.05, 0) is 90.3 Å². The fourth-order valence-corrected chi connectivity index (χ4v) is 5.85. The van der Waals surface area contributed by atoms with Crippen LogP contribution in [0, 0.1) is 11.8 Å². The van der Waals surface area contributed by atoms with Crippen molar-refractivity contribution in [1.29, 1.82) is 0 Å². The SMILES string of the molecule is CCCCc1ccc(-c2ccc(C(=O)C[C@@H](CCNC(=O)OC(C)(C)C)C(=O)NC(CCNC(=O)OC(C)(C)C)C(=O)C[C@@H](C)C(=O)N[C@@H](CC)C(=O)O)cc2)cc1. The van der Waals surface area contributed by atoms with E-state index in [2.05, 4.69) is 40.3 Å². The fourth-order valence-electron chi connectivity index (χ4n) is 5.85. The number of rotatable bonds is 22. The third-order valence-electron chi connectivity index (χ3n) is 9.06. The first-order valence-corrected chi connectivity index (χ1v) is 20.1. The highest BCUT2D eigenvalue weighted by molar-refractivity contribution is 6.00. The minimum Gasteiger partial charge on any atom is -0.480 e. The molecule has 0 aliphatic carbocycles. The number of alkyl carbamates (subject to hydrolysis) is 2. The first-order chi connectivity index (χ1) is 27.1. The van der Waals surface area contributed by atoms with E-state index in [1.54, 1.807) is 60.6 Å². The van der Waals surface area contributed by atoms with E-state index in [9.17, 15) is 38.7 Å². The molecule has 0 saturated heterocycles. The Hall–Kier alpha value is -5.27. The number of benzene rings is 2. The fraction of sp³-hybridized carbons (Fsp3) is 0.568. The van der Waals surface area contributed by atoms with Crippen LogP contribution in [0.1, 0.15) is 123 Å². The summed E-state index contributed by atoms with van der Waals surface area (Å²) < 4.78 is 10.6. The monoisotopic (exact) mass is 808 g/mol. The molecule has 14 nitrogen and oxygen atoms in total. The van der Waals surface area contributed by atoms with Crippen molar-refractivity contribution in [3.8, 4) is 11.1 Å². The van der Waals surface area contributed by atoms with E-state index in [1.165, 1.54) is 12.5 Å². The Labute approximate surface area is 343 Å². The van der Waals surface area contributed by atoms with Gasteiger partial charge in [-0.3, -0.25) is 19.2 Å². The first kappa shape index (κ1) is 48.9. The van der Waals surface area contributed by atoms with Crippen molar-refractivity contribution in [3.63, 3.8) is 0 Å². The van der Waals surface area contributed by atoms with Gasteiger partial charge in [0.15, 0.2) is 11.6 Å². The number of carboxylic acids is 1. The number of ketones is 2. The summed E-state index contributed by atoms with van der Waals surface area (Å²) in [5, 5.41) is 19.7. The zero-order valence-electron chi connectivity index (χ0n) is 35.6. The van der Waals surface area contributed by atoms with Crippen LogP contribution in [0.4, 0.5) is 9.59 Å². The predicted molar refractivity (Wildman–Crippen MR) is 221 cm³/mol. The maximum Gasteiger partial charge on any atom is 0.407 e. The normalized spacial score (nSPS) is 13.5. The van der Waals surface area contributed by atoms with Crippen molar-refractivity contribution in [2.45, 2.75) is 137 Å². The molecular weight excluding hydrogens is 745 g/mol. The number of ether oxygens (including phenoxy) is 2. The van der Waals surface area contributed by atoms with Crippen LogP contribution >= 0.6 is 0 Å². The Morgan fingerprint density at radius 1 is 0.672 bits per heavy atom. The van der Waals surface area contributed by atoms with Gasteiger partial charge in [0.25, 0.3) is 0 Å². The molecule has 2 aromatic rings. The smallest absolute Gasteiger partial charge is 0.407 e. The minimum absolute atomic E-state index is 0.0166. The average Bonchev–Trinajstić information content (AvgIpc) is 3.13. The van der Waals surface area contributed by atoms with Crippen molar-refractivity contribution < 1.29 is 48.1 Å². The molecule has 58 heavy (non-hydrogen) atoms. The summed E-state index contributed by atoms with van der Waals surface area (Å²) >= 11 is 0. The molecule has 2 aromatic carbocycles. The zero-order chi connectivity index (χ0) is 43.6. The summed E-state index contributed by atoms with van der Waals surface area (Å²) in [6, 6.07) is 13.0. The molecule has 1 unspecified atom stereocenters. The highest BCUT2D eigenvalue weighted by atomic mass is 16.6. The lowest BCUT2D eigenvalue weighted by atomic mass is 9.92. The summed E-state index contributed by atoms with van der Waals surface area (Å²) in [5.41, 5.74) is 2.01. The number of carbonyl (C=O) groups excluding carboxylic acids is 6. The Morgan fingerprint density at radius 3 is 1.66 bits per heavy atom. The maximum atomic E-state index is 14.0. The van der Waals surface area contributed by atoms with Crippen LogP contribution in [0.25, 0.3) is 11.1 Å². The van der Waals surface area contributed by atoms with Gasteiger partial charge in [0, 0.05) is 43.3 Å². The highest BCUT2D eigenvalue weighted by Gasteiger charge is 2.31. The van der Waals surface area contributed by atoms with E-state index >= 15 is 0 Å². The van der Waals surface area contributed by atoms with E-state index in [4.69, 9.17) is 9.47 Å². The molecule has 0 radical (unpaired) electrons. The standard InChI is InChI=1S/C44H64N4O10/c1-10-12-13-29-14-16-30(17-15-29)31-18-20-32(21-19-31)36(49)27-33(22-24-45-41(55)57-43(4,5)6)39(52)48-35(23-25-46-42(56)58-44(7,8)9)37(50)26-28(3)38(51)47-34(11-2)40(53)54/h14-21,28,33-35H,10-13,22-27H2,1-9H3,(H,45,55)(H,46,56)(H,47,51)(H,48,52)(H,53,54)/t28-,33-,34+,35?/m1/s1. The zero-order valence-corrected chi connectivity index (χ0v) is 35.6. The van der Waals surface area contributed by atoms with E-state index in [-0.39, 0.29) is 51.0 Å².